The van der Waals surface area contributed by atoms with Crippen molar-refractivity contribution < 1.29 is 32.3 Å². The van der Waals surface area contributed by atoms with E-state index in [9.17, 15) is 22.8 Å². The number of nitrogens with zero attached hydrogens (tertiary/aromatic N) is 1. The first-order valence-corrected chi connectivity index (χ1v) is 12.3. The zero-order valence-electron chi connectivity index (χ0n) is 18.9. The molecule has 178 valence electrons. The number of aromatic amines is 1. The highest BCUT2D eigenvalue weighted by Gasteiger charge is 2.39. The van der Waals surface area contributed by atoms with E-state index >= 15 is 0 Å². The Morgan fingerprint density at radius 2 is 1.79 bits per heavy atom. The fraction of sp³-hybridized carbons (Fsp3) is 0.435. The number of benzene rings is 1. The molecule has 3 rings (SSSR count). The number of Topliss-reactive ketones (excluding diaryl/α,β-unsaturated/α-hetero) is 1. The molecule has 1 aromatic carbocycles. The third-order valence-electron chi connectivity index (χ3n) is 5.62. The second kappa shape index (κ2) is 10.3. The topological polar surface area (TPSA) is 123 Å². The fourth-order valence-corrected chi connectivity index (χ4v) is 5.70. The van der Waals surface area contributed by atoms with E-state index in [2.05, 4.69) is 4.98 Å². The van der Waals surface area contributed by atoms with Gasteiger partial charge in [0.1, 0.15) is 11.7 Å². The van der Waals surface area contributed by atoms with E-state index in [0.29, 0.717) is 30.5 Å². The Kier molecular flexibility index (Phi) is 7.70. The molecule has 1 atom stereocenters. The van der Waals surface area contributed by atoms with Crippen LogP contribution in [0.25, 0.3) is 0 Å². The largest absolute Gasteiger partial charge is 0.461 e. The van der Waals surface area contributed by atoms with Gasteiger partial charge in [-0.3, -0.25) is 9.59 Å². The Morgan fingerprint density at radius 1 is 1.09 bits per heavy atom. The Labute approximate surface area is 193 Å². The van der Waals surface area contributed by atoms with Gasteiger partial charge >= 0.3 is 11.9 Å². The molecule has 1 unspecified atom stereocenters. The molecule has 1 saturated heterocycles. The van der Waals surface area contributed by atoms with E-state index in [0.717, 1.165) is 4.31 Å². The number of aryl methyl sites for hydroxylation is 1. The number of esters is 2. The summed E-state index contributed by atoms with van der Waals surface area (Å²) in [4.78, 5) is 40.6. The summed E-state index contributed by atoms with van der Waals surface area (Å²) in [7, 11) is -3.88. The molecule has 0 saturated carbocycles. The molecule has 0 radical (unpaired) electrons. The maximum Gasteiger partial charge on any atom is 0.355 e. The first-order valence-electron chi connectivity index (χ1n) is 10.8. The highest BCUT2D eigenvalue weighted by atomic mass is 32.2. The number of ether oxygens (including phenoxy) is 2. The molecular weight excluding hydrogens is 448 g/mol. The first kappa shape index (κ1) is 24.7. The summed E-state index contributed by atoms with van der Waals surface area (Å²) in [6, 6.07) is 6.91. The van der Waals surface area contributed by atoms with Crippen LogP contribution in [0.1, 0.15) is 58.3 Å². The summed E-state index contributed by atoms with van der Waals surface area (Å²) in [6.07, 6.45) is 1.62. The highest BCUT2D eigenvalue weighted by molar-refractivity contribution is 7.89. The average molecular weight is 477 g/mol. The van der Waals surface area contributed by atoms with E-state index < -0.39 is 40.4 Å². The van der Waals surface area contributed by atoms with Crippen LogP contribution in [0.4, 0.5) is 0 Å². The fourth-order valence-electron chi connectivity index (χ4n) is 4.04. The monoisotopic (exact) mass is 476 g/mol. The molecule has 2 aromatic rings. The lowest BCUT2D eigenvalue weighted by Gasteiger charge is -2.32. The van der Waals surface area contributed by atoms with Crippen LogP contribution < -0.4 is 0 Å². The summed E-state index contributed by atoms with van der Waals surface area (Å²) in [5.74, 6) is -1.82. The van der Waals surface area contributed by atoms with Crippen LogP contribution in [-0.2, 0) is 24.3 Å². The number of nitrogens with one attached hydrogen (secondary N) is 1. The van der Waals surface area contributed by atoms with Crippen molar-refractivity contribution in [3.8, 4) is 0 Å². The average Bonchev–Trinajstić information content (AvgIpc) is 3.12. The molecule has 0 aliphatic carbocycles. The van der Waals surface area contributed by atoms with E-state index in [1.54, 1.807) is 39.0 Å². The summed E-state index contributed by atoms with van der Waals surface area (Å²) in [6.45, 7) is 4.77. The molecule has 9 nitrogen and oxygen atoms in total. The van der Waals surface area contributed by atoms with Gasteiger partial charge in [0.2, 0.25) is 15.8 Å². The Hall–Kier alpha value is -2.98. The minimum atomic E-state index is -3.88. The maximum absolute atomic E-state index is 13.1. The zero-order chi connectivity index (χ0) is 24.2. The molecule has 1 fully saturated rings. The normalized spacial score (nSPS) is 16.9. The quantitative estimate of drug-likeness (QED) is 0.459. The number of aromatic nitrogens is 1. The first-order chi connectivity index (χ1) is 15.7. The third kappa shape index (κ3) is 5.17. The molecule has 1 aromatic heterocycles. The van der Waals surface area contributed by atoms with Gasteiger partial charge in [0.25, 0.3) is 0 Å². The predicted octanol–water partition coefficient (Wildman–Crippen LogP) is 2.78. The van der Waals surface area contributed by atoms with Gasteiger partial charge in [0.15, 0.2) is 6.61 Å². The van der Waals surface area contributed by atoms with Crippen molar-refractivity contribution in [3.63, 3.8) is 0 Å². The number of ketones is 1. The minimum Gasteiger partial charge on any atom is -0.461 e. The van der Waals surface area contributed by atoms with E-state index in [4.69, 9.17) is 9.47 Å². The van der Waals surface area contributed by atoms with Crippen LogP contribution in [0.5, 0.6) is 0 Å². The summed E-state index contributed by atoms with van der Waals surface area (Å²) >= 11 is 0. The van der Waals surface area contributed by atoms with Crippen LogP contribution in [0.3, 0.4) is 0 Å². The molecule has 0 spiro atoms. The maximum atomic E-state index is 13.1. The SMILES string of the molecule is CCOC(=O)c1[nH]c(C)c(C(=O)COC(=O)C2CCCCN2S(=O)(=O)c2ccccc2)c1C. The lowest BCUT2D eigenvalue weighted by molar-refractivity contribution is -0.148. The lowest BCUT2D eigenvalue weighted by atomic mass is 10.0. The second-order valence-electron chi connectivity index (χ2n) is 7.82. The van der Waals surface area contributed by atoms with Gasteiger partial charge in [0, 0.05) is 17.8 Å². The lowest BCUT2D eigenvalue weighted by Crippen LogP contribution is -2.48. The Morgan fingerprint density at radius 3 is 2.45 bits per heavy atom. The van der Waals surface area contributed by atoms with Gasteiger partial charge < -0.3 is 14.5 Å². The number of hydrogen-bond donors (Lipinski definition) is 1. The standard InChI is InChI=1S/C23H28N2O7S/c1-4-31-23(28)21-15(2)20(16(3)24-21)19(26)14-32-22(27)18-12-8-9-13-25(18)33(29,30)17-10-6-5-7-11-17/h5-7,10-11,18,24H,4,8-9,12-14H2,1-3H3. The van der Waals surface area contributed by atoms with Gasteiger partial charge in [-0.1, -0.05) is 18.2 Å². The van der Waals surface area contributed by atoms with Crippen LogP contribution in [-0.4, -0.2) is 61.2 Å². The van der Waals surface area contributed by atoms with Crippen molar-refractivity contribution in [1.29, 1.82) is 0 Å². The molecule has 1 aliphatic heterocycles. The number of carbonyl (C=O) groups excluding carboxylic acids is 3. The van der Waals surface area contributed by atoms with Crippen molar-refractivity contribution in [1.82, 2.24) is 9.29 Å². The molecule has 10 heteroatoms. The van der Waals surface area contributed by atoms with Gasteiger partial charge in [-0.05, 0) is 57.7 Å². The smallest absolute Gasteiger partial charge is 0.355 e. The van der Waals surface area contributed by atoms with Crippen LogP contribution in [0.15, 0.2) is 35.2 Å². The van der Waals surface area contributed by atoms with Crippen LogP contribution >= 0.6 is 0 Å². The summed E-state index contributed by atoms with van der Waals surface area (Å²) < 4.78 is 37.6. The van der Waals surface area contributed by atoms with Gasteiger partial charge in [0.05, 0.1) is 11.5 Å². The van der Waals surface area contributed by atoms with Crippen molar-refractivity contribution in [2.75, 3.05) is 19.8 Å². The van der Waals surface area contributed by atoms with E-state index in [1.807, 2.05) is 0 Å². The Bertz CT molecular complexity index is 1140. The number of rotatable bonds is 8. The van der Waals surface area contributed by atoms with Gasteiger partial charge in [-0.25, -0.2) is 13.2 Å². The summed E-state index contributed by atoms with van der Waals surface area (Å²) in [5.41, 5.74) is 1.31. The minimum absolute atomic E-state index is 0.103. The molecule has 0 amide bonds. The Balaban J connectivity index is 1.73. The molecule has 2 heterocycles. The van der Waals surface area contributed by atoms with Gasteiger partial charge in [-0.15, -0.1) is 0 Å². The predicted molar refractivity (Wildman–Crippen MR) is 119 cm³/mol. The highest BCUT2D eigenvalue weighted by Crippen LogP contribution is 2.26. The van der Waals surface area contributed by atoms with Gasteiger partial charge in [-0.2, -0.15) is 4.31 Å². The molecular formula is C23H28N2O7S. The van der Waals surface area contributed by atoms with Crippen LogP contribution in [0.2, 0.25) is 0 Å². The van der Waals surface area contributed by atoms with Crippen molar-refractivity contribution >= 4 is 27.7 Å². The number of H-pyrrole nitrogens is 1. The van der Waals surface area contributed by atoms with Crippen molar-refractivity contribution in [2.24, 2.45) is 0 Å². The second-order valence-corrected chi connectivity index (χ2v) is 9.71. The zero-order valence-corrected chi connectivity index (χ0v) is 19.7. The molecule has 0 bridgehead atoms. The molecule has 33 heavy (non-hydrogen) atoms. The number of carbonyl (C=O) groups is 3. The number of piperidine rings is 1. The molecule has 1 N–H and O–H groups in total. The summed E-state index contributed by atoms with van der Waals surface area (Å²) in [5, 5.41) is 0. The van der Waals surface area contributed by atoms with E-state index in [-0.39, 0.29) is 29.3 Å². The van der Waals surface area contributed by atoms with Crippen molar-refractivity contribution in [2.45, 2.75) is 51.0 Å². The van der Waals surface area contributed by atoms with Crippen molar-refractivity contribution in [3.05, 3.63) is 52.8 Å². The molecule has 1 aliphatic rings. The number of sulfonamides is 1. The van der Waals surface area contributed by atoms with E-state index in [1.165, 1.54) is 12.1 Å². The van der Waals surface area contributed by atoms with Crippen LogP contribution in [0, 0.1) is 13.8 Å². The third-order valence-corrected chi connectivity index (χ3v) is 7.54. The number of hydrogen-bond acceptors (Lipinski definition) is 7.